The number of H-pyrrole nitrogens is 1. The van der Waals surface area contributed by atoms with Crippen molar-refractivity contribution in [3.63, 3.8) is 0 Å². The van der Waals surface area contributed by atoms with Crippen LogP contribution in [-0.2, 0) is 0 Å². The lowest BCUT2D eigenvalue weighted by atomic mass is 9.85. The molecule has 0 spiro atoms. The lowest BCUT2D eigenvalue weighted by Crippen LogP contribution is -2.33. The van der Waals surface area contributed by atoms with E-state index < -0.39 is 5.76 Å². The van der Waals surface area contributed by atoms with Crippen LogP contribution in [0.4, 0.5) is 0 Å². The summed E-state index contributed by atoms with van der Waals surface area (Å²) in [6.07, 6.45) is 0. The van der Waals surface area contributed by atoms with E-state index in [1.807, 2.05) is 19.2 Å². The number of hydrogen-bond acceptors (Lipinski definition) is 4. The first kappa shape index (κ1) is 13.8. The van der Waals surface area contributed by atoms with Crippen molar-refractivity contribution in [3.8, 4) is 0 Å². The molecule has 0 fully saturated rings. The quantitative estimate of drug-likeness (QED) is 0.765. The summed E-state index contributed by atoms with van der Waals surface area (Å²) in [7, 11) is 1.93. The van der Waals surface area contributed by atoms with Crippen molar-refractivity contribution in [3.05, 3.63) is 34.3 Å². The Morgan fingerprint density at radius 2 is 2.16 bits per heavy atom. The number of aromatic nitrogens is 1. The van der Waals surface area contributed by atoms with Crippen LogP contribution in [0.25, 0.3) is 11.1 Å². The number of nitrogens with one attached hydrogen (secondary N) is 2. The summed E-state index contributed by atoms with van der Waals surface area (Å²) in [5, 5.41) is 3.18. The molecule has 4 N–H and O–H groups in total. The van der Waals surface area contributed by atoms with Crippen molar-refractivity contribution < 1.29 is 4.42 Å². The summed E-state index contributed by atoms with van der Waals surface area (Å²) in [5.74, 6) is 0.374. The van der Waals surface area contributed by atoms with E-state index in [0.717, 1.165) is 12.1 Å². The number of hydrogen-bond donors (Lipinski definition) is 3. The number of fused-ring (bicyclic) bond motifs is 1. The van der Waals surface area contributed by atoms with Crippen LogP contribution in [-0.4, -0.2) is 18.6 Å². The third-order valence-electron chi connectivity index (χ3n) is 3.59. The molecule has 1 heterocycles. The molecule has 2 aromatic rings. The zero-order valence-corrected chi connectivity index (χ0v) is 11.6. The van der Waals surface area contributed by atoms with Crippen molar-refractivity contribution >= 4 is 11.1 Å². The SMILES string of the molecule is CNCC(C(C)C)C(N)c1ccc2oc(=O)[nH]c2c1. The molecule has 0 bridgehead atoms. The zero-order chi connectivity index (χ0) is 14.0. The molecule has 1 aromatic heterocycles. The number of rotatable bonds is 5. The third kappa shape index (κ3) is 2.88. The summed E-state index contributed by atoms with van der Waals surface area (Å²) in [4.78, 5) is 13.8. The van der Waals surface area contributed by atoms with Crippen LogP contribution >= 0.6 is 0 Å². The summed E-state index contributed by atoms with van der Waals surface area (Å²) in [6, 6.07) is 5.54. The molecule has 2 unspecified atom stereocenters. The van der Waals surface area contributed by atoms with Gasteiger partial charge in [-0.15, -0.1) is 0 Å². The van der Waals surface area contributed by atoms with Gasteiger partial charge in [0.25, 0.3) is 0 Å². The van der Waals surface area contributed by atoms with Gasteiger partial charge < -0.3 is 15.5 Å². The second-order valence-corrected chi connectivity index (χ2v) is 5.26. The Morgan fingerprint density at radius 1 is 1.42 bits per heavy atom. The lowest BCUT2D eigenvalue weighted by molar-refractivity contribution is 0.314. The highest BCUT2D eigenvalue weighted by atomic mass is 16.4. The Labute approximate surface area is 112 Å². The van der Waals surface area contributed by atoms with E-state index in [9.17, 15) is 4.79 Å². The summed E-state index contributed by atoms with van der Waals surface area (Å²) in [5.41, 5.74) is 8.64. The van der Waals surface area contributed by atoms with Gasteiger partial charge in [0.15, 0.2) is 5.58 Å². The lowest BCUT2D eigenvalue weighted by Gasteiger charge is -2.27. The van der Waals surface area contributed by atoms with Gasteiger partial charge in [-0.3, -0.25) is 4.98 Å². The van der Waals surface area contributed by atoms with Crippen LogP contribution in [0, 0.1) is 11.8 Å². The minimum atomic E-state index is -0.434. The van der Waals surface area contributed by atoms with E-state index in [0.29, 0.717) is 22.9 Å². The van der Waals surface area contributed by atoms with Crippen LogP contribution in [0.1, 0.15) is 25.5 Å². The molecule has 0 aliphatic carbocycles. The predicted molar refractivity (Wildman–Crippen MR) is 76.0 cm³/mol. The molecule has 0 aliphatic rings. The van der Waals surface area contributed by atoms with Gasteiger partial charge in [-0.1, -0.05) is 19.9 Å². The molecule has 19 heavy (non-hydrogen) atoms. The van der Waals surface area contributed by atoms with Crippen molar-refractivity contribution in [1.29, 1.82) is 0 Å². The topological polar surface area (TPSA) is 84.0 Å². The molecule has 0 aliphatic heterocycles. The molecule has 104 valence electrons. The van der Waals surface area contributed by atoms with Gasteiger partial charge in [0.05, 0.1) is 5.52 Å². The fraction of sp³-hybridized carbons (Fsp3) is 0.500. The molecule has 1 aromatic carbocycles. The van der Waals surface area contributed by atoms with Crippen molar-refractivity contribution in [2.24, 2.45) is 17.6 Å². The summed E-state index contributed by atoms with van der Waals surface area (Å²) < 4.78 is 4.99. The fourth-order valence-electron chi connectivity index (χ4n) is 2.44. The molecule has 0 radical (unpaired) electrons. The number of aromatic amines is 1. The summed E-state index contributed by atoms with van der Waals surface area (Å²) >= 11 is 0. The van der Waals surface area contributed by atoms with E-state index >= 15 is 0 Å². The van der Waals surface area contributed by atoms with E-state index in [4.69, 9.17) is 10.2 Å². The van der Waals surface area contributed by atoms with Gasteiger partial charge in [0.1, 0.15) is 0 Å². The Hall–Kier alpha value is -1.59. The Balaban J connectivity index is 2.33. The highest BCUT2D eigenvalue weighted by molar-refractivity contribution is 5.72. The zero-order valence-electron chi connectivity index (χ0n) is 11.6. The van der Waals surface area contributed by atoms with E-state index in [1.165, 1.54) is 0 Å². The van der Waals surface area contributed by atoms with Crippen LogP contribution in [0.3, 0.4) is 0 Å². The molecule has 0 saturated carbocycles. The maximum Gasteiger partial charge on any atom is 0.417 e. The monoisotopic (exact) mass is 263 g/mol. The second-order valence-electron chi connectivity index (χ2n) is 5.26. The third-order valence-corrected chi connectivity index (χ3v) is 3.59. The highest BCUT2D eigenvalue weighted by Crippen LogP contribution is 2.27. The molecule has 5 heteroatoms. The average molecular weight is 263 g/mol. The standard InChI is InChI=1S/C14H21N3O2/c1-8(2)10(7-16-3)13(15)9-4-5-12-11(6-9)17-14(18)19-12/h4-6,8,10,13,16H,7,15H2,1-3H3,(H,17,18). The Bertz CT molecular complexity index is 600. The minimum absolute atomic E-state index is 0.0738. The smallest absolute Gasteiger partial charge is 0.408 e. The minimum Gasteiger partial charge on any atom is -0.408 e. The Morgan fingerprint density at radius 3 is 2.79 bits per heavy atom. The van der Waals surface area contributed by atoms with E-state index in [-0.39, 0.29) is 6.04 Å². The average Bonchev–Trinajstić information content (AvgIpc) is 2.73. The van der Waals surface area contributed by atoms with Gasteiger partial charge in [-0.05, 0) is 43.1 Å². The van der Waals surface area contributed by atoms with Gasteiger partial charge in [-0.2, -0.15) is 0 Å². The number of oxazole rings is 1. The van der Waals surface area contributed by atoms with Gasteiger partial charge in [0.2, 0.25) is 0 Å². The van der Waals surface area contributed by atoms with Crippen molar-refractivity contribution in [2.75, 3.05) is 13.6 Å². The largest absolute Gasteiger partial charge is 0.417 e. The molecule has 5 nitrogen and oxygen atoms in total. The van der Waals surface area contributed by atoms with Crippen LogP contribution in [0.2, 0.25) is 0 Å². The second kappa shape index (κ2) is 5.59. The molecular weight excluding hydrogens is 242 g/mol. The van der Waals surface area contributed by atoms with Crippen LogP contribution in [0.5, 0.6) is 0 Å². The molecule has 2 atom stereocenters. The predicted octanol–water partition coefficient (Wildman–Crippen LogP) is 1.61. The van der Waals surface area contributed by atoms with Gasteiger partial charge in [-0.25, -0.2) is 4.79 Å². The maximum absolute atomic E-state index is 11.2. The Kier molecular flexibility index (Phi) is 4.07. The summed E-state index contributed by atoms with van der Waals surface area (Å²) in [6.45, 7) is 5.19. The molecule has 2 rings (SSSR count). The number of benzene rings is 1. The van der Waals surface area contributed by atoms with Crippen LogP contribution < -0.4 is 16.8 Å². The van der Waals surface area contributed by atoms with Crippen molar-refractivity contribution in [1.82, 2.24) is 10.3 Å². The van der Waals surface area contributed by atoms with Gasteiger partial charge in [0, 0.05) is 6.04 Å². The first-order chi connectivity index (χ1) is 9.02. The molecule has 0 saturated heterocycles. The van der Waals surface area contributed by atoms with E-state index in [2.05, 4.69) is 24.1 Å². The molecular formula is C14H21N3O2. The fourth-order valence-corrected chi connectivity index (χ4v) is 2.44. The first-order valence-electron chi connectivity index (χ1n) is 6.56. The van der Waals surface area contributed by atoms with Crippen LogP contribution in [0.15, 0.2) is 27.4 Å². The van der Waals surface area contributed by atoms with Gasteiger partial charge >= 0.3 is 5.76 Å². The highest BCUT2D eigenvalue weighted by Gasteiger charge is 2.22. The first-order valence-corrected chi connectivity index (χ1v) is 6.56. The maximum atomic E-state index is 11.2. The normalized spacial score (nSPS) is 15.0. The molecule has 0 amide bonds. The number of nitrogens with two attached hydrogens (primary N) is 1. The van der Waals surface area contributed by atoms with E-state index in [1.54, 1.807) is 6.07 Å². The van der Waals surface area contributed by atoms with Crippen molar-refractivity contribution in [2.45, 2.75) is 19.9 Å².